The van der Waals surface area contributed by atoms with Crippen LogP contribution >= 0.6 is 11.6 Å². The van der Waals surface area contributed by atoms with Gasteiger partial charge in [-0.2, -0.15) is 10.2 Å². The maximum absolute atomic E-state index is 5.84. The van der Waals surface area contributed by atoms with Crippen LogP contribution in [0, 0.1) is 0 Å². The Bertz CT molecular complexity index is 842. The molecule has 118 valence electrons. The summed E-state index contributed by atoms with van der Waals surface area (Å²) in [5.74, 6) is 0. The molecule has 1 aromatic heterocycles. The lowest BCUT2D eigenvalue weighted by Gasteiger charge is -2.10. The van der Waals surface area contributed by atoms with Crippen molar-refractivity contribution in [1.82, 2.24) is 4.98 Å². The third-order valence-electron chi connectivity index (χ3n) is 4.33. The Labute approximate surface area is 146 Å². The molecule has 0 fully saturated rings. The Hall–Kier alpha value is -2.52. The first-order valence-corrected chi connectivity index (χ1v) is 8.34. The number of nitrogens with zero attached hydrogens (tertiary/aromatic N) is 3. The third-order valence-corrected chi connectivity index (χ3v) is 4.55. The van der Waals surface area contributed by atoms with Crippen LogP contribution in [0.5, 0.6) is 0 Å². The van der Waals surface area contributed by atoms with Gasteiger partial charge in [-0.3, -0.25) is 0 Å². The average Bonchev–Trinajstić information content (AvgIpc) is 3.13. The van der Waals surface area contributed by atoms with Crippen LogP contribution in [0.15, 0.2) is 83.2 Å². The van der Waals surface area contributed by atoms with Gasteiger partial charge in [0.15, 0.2) is 0 Å². The molecule has 0 saturated heterocycles. The molecular formula is C20H16ClN3. The van der Waals surface area contributed by atoms with Crippen molar-refractivity contribution in [2.24, 2.45) is 10.2 Å². The summed E-state index contributed by atoms with van der Waals surface area (Å²) >= 11 is 5.84. The van der Waals surface area contributed by atoms with Crippen LogP contribution in [-0.2, 0) is 0 Å². The van der Waals surface area contributed by atoms with Gasteiger partial charge in [0.1, 0.15) is 5.15 Å². The molecule has 24 heavy (non-hydrogen) atoms. The lowest BCUT2D eigenvalue weighted by Crippen LogP contribution is -1.97. The third kappa shape index (κ3) is 3.08. The molecule has 2 aromatic carbocycles. The largest absolute Gasteiger partial charge is 0.244 e. The number of aromatic nitrogens is 1. The second kappa shape index (κ2) is 6.54. The van der Waals surface area contributed by atoms with E-state index in [1.165, 1.54) is 16.7 Å². The Kier molecular flexibility index (Phi) is 4.09. The summed E-state index contributed by atoms with van der Waals surface area (Å²) < 4.78 is 0. The number of pyridine rings is 1. The van der Waals surface area contributed by atoms with Crippen LogP contribution in [0.25, 0.3) is 11.1 Å². The topological polar surface area (TPSA) is 37.6 Å². The van der Waals surface area contributed by atoms with Crippen molar-refractivity contribution in [3.05, 3.63) is 89.2 Å². The molecule has 0 bridgehead atoms. The molecule has 1 aliphatic heterocycles. The van der Waals surface area contributed by atoms with Crippen molar-refractivity contribution in [1.29, 1.82) is 0 Å². The number of halogens is 1. The molecule has 4 rings (SSSR count). The fraction of sp³-hybridized carbons (Fsp3) is 0.150. The second-order valence-electron chi connectivity index (χ2n) is 5.90. The monoisotopic (exact) mass is 333 g/mol. The maximum Gasteiger partial charge on any atom is 0.129 e. The molecule has 0 N–H and O–H groups in total. The van der Waals surface area contributed by atoms with E-state index in [1.807, 2.05) is 12.1 Å². The van der Waals surface area contributed by atoms with E-state index in [0.29, 0.717) is 5.15 Å². The molecule has 2 heterocycles. The summed E-state index contributed by atoms with van der Waals surface area (Å²) in [4.78, 5) is 4.13. The number of benzene rings is 2. The van der Waals surface area contributed by atoms with Crippen molar-refractivity contribution in [3.8, 4) is 11.1 Å². The molecule has 3 aromatic rings. The van der Waals surface area contributed by atoms with Crippen LogP contribution in [0.3, 0.4) is 0 Å². The molecule has 0 amide bonds. The van der Waals surface area contributed by atoms with E-state index < -0.39 is 0 Å². The fourth-order valence-electron chi connectivity index (χ4n) is 2.98. The highest BCUT2D eigenvalue weighted by molar-refractivity contribution is 6.29. The normalized spacial score (nSPS) is 19.5. The first kappa shape index (κ1) is 15.0. The van der Waals surface area contributed by atoms with Gasteiger partial charge in [0, 0.05) is 12.6 Å². The van der Waals surface area contributed by atoms with Gasteiger partial charge in [-0.25, -0.2) is 4.98 Å². The second-order valence-corrected chi connectivity index (χ2v) is 6.29. The van der Waals surface area contributed by atoms with Crippen molar-refractivity contribution in [3.63, 3.8) is 0 Å². The van der Waals surface area contributed by atoms with E-state index in [2.05, 4.69) is 63.7 Å². The highest BCUT2D eigenvalue weighted by Gasteiger charge is 2.25. The van der Waals surface area contributed by atoms with Crippen molar-refractivity contribution >= 4 is 11.6 Å². The summed E-state index contributed by atoms with van der Waals surface area (Å²) in [6.45, 7) is 0. The summed E-state index contributed by atoms with van der Waals surface area (Å²) in [6, 6.07) is 22.9. The molecule has 2 atom stereocenters. The molecule has 4 heteroatoms. The average molecular weight is 334 g/mol. The van der Waals surface area contributed by atoms with Gasteiger partial charge < -0.3 is 0 Å². The molecule has 0 radical (unpaired) electrons. The zero-order valence-corrected chi connectivity index (χ0v) is 13.8. The first-order chi connectivity index (χ1) is 11.8. The minimum absolute atomic E-state index is 0.0635. The van der Waals surface area contributed by atoms with Crippen LogP contribution in [0.2, 0.25) is 5.15 Å². The van der Waals surface area contributed by atoms with E-state index in [1.54, 1.807) is 12.3 Å². The van der Waals surface area contributed by atoms with Crippen LogP contribution in [0.4, 0.5) is 0 Å². The first-order valence-electron chi connectivity index (χ1n) is 7.96. The van der Waals surface area contributed by atoms with E-state index in [0.717, 1.165) is 12.0 Å². The van der Waals surface area contributed by atoms with Gasteiger partial charge in [-0.1, -0.05) is 72.3 Å². The van der Waals surface area contributed by atoms with E-state index in [4.69, 9.17) is 11.6 Å². The summed E-state index contributed by atoms with van der Waals surface area (Å²) in [6.07, 6.45) is 2.65. The van der Waals surface area contributed by atoms with Crippen LogP contribution in [-0.4, -0.2) is 4.98 Å². The van der Waals surface area contributed by atoms with Crippen LogP contribution < -0.4 is 0 Å². The van der Waals surface area contributed by atoms with Crippen molar-refractivity contribution in [2.75, 3.05) is 0 Å². The Morgan fingerprint density at radius 3 is 2.00 bits per heavy atom. The van der Waals surface area contributed by atoms with E-state index in [9.17, 15) is 0 Å². The molecule has 3 nitrogen and oxygen atoms in total. The Morgan fingerprint density at radius 2 is 1.33 bits per heavy atom. The minimum atomic E-state index is 0.0635. The van der Waals surface area contributed by atoms with Gasteiger partial charge in [-0.15, -0.1) is 0 Å². The standard InChI is InChI=1S/C20H16ClN3/c21-20-11-10-17(13-22-20)19-12-18(23-24-19)16-8-6-15(7-9-16)14-4-2-1-3-5-14/h1-11,13,18-19H,12H2. The predicted molar refractivity (Wildman–Crippen MR) is 96.1 cm³/mol. The zero-order valence-electron chi connectivity index (χ0n) is 13.0. The molecule has 0 saturated carbocycles. The summed E-state index contributed by atoms with van der Waals surface area (Å²) in [7, 11) is 0. The smallest absolute Gasteiger partial charge is 0.129 e. The van der Waals surface area contributed by atoms with Gasteiger partial charge in [0.2, 0.25) is 0 Å². The van der Waals surface area contributed by atoms with Crippen molar-refractivity contribution in [2.45, 2.75) is 18.5 Å². The fourth-order valence-corrected chi connectivity index (χ4v) is 3.10. The zero-order chi connectivity index (χ0) is 16.4. The molecule has 0 spiro atoms. The highest BCUT2D eigenvalue weighted by atomic mass is 35.5. The predicted octanol–water partition coefficient (Wildman–Crippen LogP) is 6.04. The quantitative estimate of drug-likeness (QED) is 0.538. The highest BCUT2D eigenvalue weighted by Crippen LogP contribution is 2.38. The number of azo groups is 1. The number of hydrogen-bond acceptors (Lipinski definition) is 3. The van der Waals surface area contributed by atoms with Gasteiger partial charge >= 0.3 is 0 Å². The maximum atomic E-state index is 5.84. The van der Waals surface area contributed by atoms with Gasteiger partial charge in [-0.05, 0) is 28.3 Å². The number of hydrogen-bond donors (Lipinski definition) is 0. The summed E-state index contributed by atoms with van der Waals surface area (Å²) in [5.41, 5.74) is 4.70. The van der Waals surface area contributed by atoms with E-state index >= 15 is 0 Å². The molecule has 2 unspecified atom stereocenters. The molecule has 0 aliphatic carbocycles. The lowest BCUT2D eigenvalue weighted by molar-refractivity contribution is 0.657. The molecular weight excluding hydrogens is 318 g/mol. The van der Waals surface area contributed by atoms with E-state index in [-0.39, 0.29) is 12.1 Å². The SMILES string of the molecule is Clc1ccc(C2CC(c3ccc(-c4ccccc4)cc3)N=N2)cn1. The Morgan fingerprint density at radius 1 is 0.708 bits per heavy atom. The van der Waals surface area contributed by atoms with Gasteiger partial charge in [0.25, 0.3) is 0 Å². The number of rotatable bonds is 3. The van der Waals surface area contributed by atoms with Crippen LogP contribution in [0.1, 0.15) is 29.6 Å². The lowest BCUT2D eigenvalue weighted by atomic mass is 9.96. The minimum Gasteiger partial charge on any atom is -0.244 e. The molecule has 1 aliphatic rings. The Balaban J connectivity index is 1.49. The summed E-state index contributed by atoms with van der Waals surface area (Å²) in [5, 5.41) is 9.37. The van der Waals surface area contributed by atoms with Gasteiger partial charge in [0.05, 0.1) is 12.1 Å². The van der Waals surface area contributed by atoms with Crippen molar-refractivity contribution < 1.29 is 0 Å².